The van der Waals surface area contributed by atoms with Crippen molar-refractivity contribution in [3.8, 4) is 0 Å². The van der Waals surface area contributed by atoms with Crippen LogP contribution in [0.3, 0.4) is 0 Å². The first kappa shape index (κ1) is 15.0. The topological polar surface area (TPSA) is 29.5 Å². The minimum Gasteiger partial charge on any atom is -0.464 e. The number of ether oxygens (including phenoxy) is 1. The van der Waals surface area contributed by atoms with Crippen molar-refractivity contribution in [2.75, 3.05) is 11.5 Å². The molecule has 1 aromatic rings. The van der Waals surface area contributed by atoms with Crippen molar-refractivity contribution >= 4 is 28.9 Å². The molecule has 1 aromatic carbocycles. The number of hydrogen-bond acceptors (Lipinski definition) is 3. The summed E-state index contributed by atoms with van der Waals surface area (Å²) in [5.41, 5.74) is 3.35. The Hall–Kier alpha value is -1.42. The Morgan fingerprint density at radius 1 is 1.40 bits per heavy atom. The van der Waals surface area contributed by atoms with E-state index in [2.05, 4.69) is 32.9 Å². The molecule has 1 atom stereocenters. The summed E-state index contributed by atoms with van der Waals surface area (Å²) in [7, 11) is 0. The van der Waals surface area contributed by atoms with E-state index in [1.807, 2.05) is 11.0 Å². The zero-order chi connectivity index (χ0) is 14.7. The first-order valence-corrected chi connectivity index (χ1v) is 7.52. The molecule has 0 radical (unpaired) electrons. The van der Waals surface area contributed by atoms with Crippen molar-refractivity contribution < 1.29 is 9.53 Å². The second-order valence-corrected chi connectivity index (χ2v) is 5.70. The van der Waals surface area contributed by atoms with Crippen LogP contribution in [0.1, 0.15) is 37.3 Å². The summed E-state index contributed by atoms with van der Waals surface area (Å²) in [4.78, 5) is 14.9. The van der Waals surface area contributed by atoms with Crippen LogP contribution < -0.4 is 4.90 Å². The lowest BCUT2D eigenvalue weighted by atomic mass is 10.0. The van der Waals surface area contributed by atoms with Crippen LogP contribution in [0.15, 0.2) is 18.2 Å². The Kier molecular flexibility index (Phi) is 4.76. The second-order valence-electron chi connectivity index (χ2n) is 5.23. The van der Waals surface area contributed by atoms with E-state index in [-0.39, 0.29) is 12.0 Å². The Bertz CT molecular complexity index is 507. The van der Waals surface area contributed by atoms with Gasteiger partial charge in [-0.15, -0.1) is 0 Å². The quantitative estimate of drug-likeness (QED) is 0.627. The fraction of sp³-hybridized carbons (Fsp3) is 0.500. The van der Waals surface area contributed by atoms with Gasteiger partial charge in [0.05, 0.1) is 11.6 Å². The van der Waals surface area contributed by atoms with E-state index in [1.165, 1.54) is 0 Å². The molecule has 20 heavy (non-hydrogen) atoms. The average Bonchev–Trinajstić information content (AvgIpc) is 2.80. The summed E-state index contributed by atoms with van der Waals surface area (Å²) in [6, 6.07) is 5.88. The number of benzene rings is 1. The van der Waals surface area contributed by atoms with Crippen molar-refractivity contribution in [2.24, 2.45) is 0 Å². The van der Waals surface area contributed by atoms with Crippen molar-refractivity contribution in [3.05, 3.63) is 29.3 Å². The van der Waals surface area contributed by atoms with Gasteiger partial charge in [-0.25, -0.2) is 4.79 Å². The van der Waals surface area contributed by atoms with Gasteiger partial charge in [0.1, 0.15) is 6.04 Å². The molecule has 0 saturated carbocycles. The summed E-state index contributed by atoms with van der Waals surface area (Å²) < 4.78 is 5.14. The Morgan fingerprint density at radius 3 is 2.55 bits per heavy atom. The van der Waals surface area contributed by atoms with Gasteiger partial charge >= 0.3 is 5.97 Å². The maximum atomic E-state index is 12.0. The molecule has 0 bridgehead atoms. The highest BCUT2D eigenvalue weighted by molar-refractivity contribution is 7.80. The molecule has 1 fully saturated rings. The van der Waals surface area contributed by atoms with E-state index in [0.717, 1.165) is 34.6 Å². The molecule has 1 aliphatic rings. The highest BCUT2D eigenvalue weighted by Crippen LogP contribution is 2.30. The molecular formula is C16H21NO2S. The van der Waals surface area contributed by atoms with Crippen LogP contribution in [0, 0.1) is 13.8 Å². The summed E-state index contributed by atoms with van der Waals surface area (Å²) in [6.45, 7) is 6.70. The highest BCUT2D eigenvalue weighted by Gasteiger charge is 2.35. The Balaban J connectivity index is 2.46. The van der Waals surface area contributed by atoms with Crippen molar-refractivity contribution in [3.63, 3.8) is 0 Å². The van der Waals surface area contributed by atoms with Gasteiger partial charge in [0, 0.05) is 12.1 Å². The standard InChI is InChI=1S/C16H21NO2S/c1-4-6-14(20)17(13-9-10-19-16(13)18)15-11(2)7-5-8-12(15)3/h5,7-8,13H,4,6,9-10H2,1-3H3. The molecule has 3 nitrogen and oxygen atoms in total. The second kappa shape index (κ2) is 6.35. The zero-order valence-electron chi connectivity index (χ0n) is 12.3. The number of anilines is 1. The smallest absolute Gasteiger partial charge is 0.329 e. The van der Waals surface area contributed by atoms with Gasteiger partial charge in [0.2, 0.25) is 0 Å². The number of aryl methyl sites for hydroxylation is 2. The van der Waals surface area contributed by atoms with Crippen LogP contribution in [0.2, 0.25) is 0 Å². The summed E-state index contributed by atoms with van der Waals surface area (Å²) in [5, 5.41) is 0. The molecule has 0 spiro atoms. The zero-order valence-corrected chi connectivity index (χ0v) is 13.1. The average molecular weight is 291 g/mol. The molecule has 0 amide bonds. The Morgan fingerprint density at radius 2 is 2.05 bits per heavy atom. The van der Waals surface area contributed by atoms with Gasteiger partial charge in [0.15, 0.2) is 0 Å². The number of esters is 1. The Labute approximate surface area is 125 Å². The fourth-order valence-corrected chi connectivity index (χ4v) is 3.12. The number of para-hydroxylation sites is 1. The van der Waals surface area contributed by atoms with Crippen molar-refractivity contribution in [1.29, 1.82) is 0 Å². The van der Waals surface area contributed by atoms with Crippen LogP contribution >= 0.6 is 12.2 Å². The molecule has 1 aliphatic heterocycles. The molecule has 108 valence electrons. The minimum atomic E-state index is -0.270. The van der Waals surface area contributed by atoms with E-state index in [9.17, 15) is 4.79 Å². The third-order valence-corrected chi connectivity index (χ3v) is 4.03. The van der Waals surface area contributed by atoms with Gasteiger partial charge in [-0.05, 0) is 37.8 Å². The van der Waals surface area contributed by atoms with E-state index in [0.29, 0.717) is 13.0 Å². The first-order valence-electron chi connectivity index (χ1n) is 7.11. The van der Waals surface area contributed by atoms with E-state index in [1.54, 1.807) is 0 Å². The summed E-state index contributed by atoms with van der Waals surface area (Å²) in [5.74, 6) is -0.161. The normalized spacial score (nSPS) is 17.9. The molecule has 1 saturated heterocycles. The van der Waals surface area contributed by atoms with Gasteiger partial charge in [-0.2, -0.15) is 0 Å². The first-order chi connectivity index (χ1) is 9.56. The molecule has 0 N–H and O–H groups in total. The fourth-order valence-electron chi connectivity index (χ4n) is 2.69. The van der Waals surface area contributed by atoms with Gasteiger partial charge in [-0.3, -0.25) is 0 Å². The number of carbonyl (C=O) groups excluding carboxylic acids is 1. The van der Waals surface area contributed by atoms with Crippen molar-refractivity contribution in [1.82, 2.24) is 0 Å². The monoisotopic (exact) mass is 291 g/mol. The molecule has 1 unspecified atom stereocenters. The molecule has 1 heterocycles. The van der Waals surface area contributed by atoms with E-state index >= 15 is 0 Å². The highest BCUT2D eigenvalue weighted by atomic mass is 32.1. The number of thiocarbonyl (C=S) groups is 1. The lowest BCUT2D eigenvalue weighted by Crippen LogP contribution is -2.43. The third-order valence-electron chi connectivity index (χ3n) is 3.63. The van der Waals surface area contributed by atoms with Crippen LogP contribution in [0.4, 0.5) is 5.69 Å². The lowest BCUT2D eigenvalue weighted by Gasteiger charge is -2.31. The summed E-state index contributed by atoms with van der Waals surface area (Å²) in [6.07, 6.45) is 2.49. The predicted molar refractivity (Wildman–Crippen MR) is 85.3 cm³/mol. The van der Waals surface area contributed by atoms with Gasteiger partial charge in [0.25, 0.3) is 0 Å². The number of carbonyl (C=O) groups is 1. The SMILES string of the molecule is CCCC(=S)N(c1c(C)cccc1C)C1CCOC1=O. The minimum absolute atomic E-state index is 0.161. The number of cyclic esters (lactones) is 1. The number of nitrogens with zero attached hydrogens (tertiary/aromatic N) is 1. The molecule has 2 rings (SSSR count). The largest absolute Gasteiger partial charge is 0.464 e. The van der Waals surface area contributed by atoms with Gasteiger partial charge in [-0.1, -0.05) is 37.3 Å². The maximum Gasteiger partial charge on any atom is 0.329 e. The van der Waals surface area contributed by atoms with Gasteiger partial charge < -0.3 is 9.64 Å². The maximum absolute atomic E-state index is 12.0. The third kappa shape index (κ3) is 2.85. The van der Waals surface area contributed by atoms with E-state index in [4.69, 9.17) is 17.0 Å². The number of rotatable bonds is 4. The van der Waals surface area contributed by atoms with Crippen molar-refractivity contribution in [2.45, 2.75) is 46.1 Å². The van der Waals surface area contributed by atoms with E-state index < -0.39 is 0 Å². The molecule has 0 aliphatic carbocycles. The van der Waals surface area contributed by atoms with Crippen LogP contribution in [0.25, 0.3) is 0 Å². The lowest BCUT2D eigenvalue weighted by molar-refractivity contribution is -0.138. The molecule has 0 aromatic heterocycles. The molecular weight excluding hydrogens is 270 g/mol. The van der Waals surface area contributed by atoms with Crippen LogP contribution in [-0.2, 0) is 9.53 Å². The predicted octanol–water partition coefficient (Wildman–Crippen LogP) is 3.55. The number of hydrogen-bond donors (Lipinski definition) is 0. The van der Waals surface area contributed by atoms with Crippen LogP contribution in [-0.4, -0.2) is 23.6 Å². The summed E-state index contributed by atoms with van der Waals surface area (Å²) >= 11 is 5.58. The van der Waals surface area contributed by atoms with Crippen LogP contribution in [0.5, 0.6) is 0 Å². The molecule has 4 heteroatoms.